The molecular formula is C14H23N3O3S. The lowest BCUT2D eigenvalue weighted by Gasteiger charge is -2.40. The number of piperazine rings is 1. The maximum atomic E-state index is 11.9. The van der Waals surface area contributed by atoms with Gasteiger partial charge < -0.3 is 9.64 Å². The molecule has 1 fully saturated rings. The van der Waals surface area contributed by atoms with Crippen molar-refractivity contribution in [2.75, 3.05) is 51.1 Å². The molecule has 0 spiro atoms. The van der Waals surface area contributed by atoms with Crippen LogP contribution in [-0.4, -0.2) is 70.5 Å². The van der Waals surface area contributed by atoms with Crippen LogP contribution in [0.1, 0.15) is 6.92 Å². The standard InChI is InChI=1S/C14H23N3O3S/c1-12-11-17(8-7-16(12)9-10-20-2)14-13(21(3,18)19)5-4-6-15-14/h4-6,12H,7-11H2,1-3H3. The number of hydrogen-bond donors (Lipinski definition) is 0. The van der Waals surface area contributed by atoms with E-state index >= 15 is 0 Å². The second kappa shape index (κ2) is 6.72. The van der Waals surface area contributed by atoms with Crippen molar-refractivity contribution < 1.29 is 13.2 Å². The molecule has 1 aromatic rings. The minimum absolute atomic E-state index is 0.308. The molecule has 0 aromatic carbocycles. The second-order valence-electron chi connectivity index (χ2n) is 5.42. The van der Waals surface area contributed by atoms with Crippen molar-refractivity contribution in [3.8, 4) is 0 Å². The summed E-state index contributed by atoms with van der Waals surface area (Å²) < 4.78 is 28.9. The summed E-state index contributed by atoms with van der Waals surface area (Å²) >= 11 is 0. The summed E-state index contributed by atoms with van der Waals surface area (Å²) in [5.41, 5.74) is 0. The van der Waals surface area contributed by atoms with Crippen molar-refractivity contribution >= 4 is 15.7 Å². The van der Waals surface area contributed by atoms with Crippen LogP contribution in [0.5, 0.6) is 0 Å². The molecule has 0 bridgehead atoms. The fourth-order valence-electron chi connectivity index (χ4n) is 2.64. The Morgan fingerprint density at radius 2 is 2.19 bits per heavy atom. The van der Waals surface area contributed by atoms with Gasteiger partial charge in [-0.25, -0.2) is 13.4 Å². The molecule has 0 amide bonds. The maximum absolute atomic E-state index is 11.9. The third-order valence-electron chi connectivity index (χ3n) is 3.80. The Kier molecular flexibility index (Phi) is 5.18. The molecule has 1 aliphatic heterocycles. The number of nitrogens with zero attached hydrogens (tertiary/aromatic N) is 3. The van der Waals surface area contributed by atoms with E-state index in [0.29, 0.717) is 23.4 Å². The van der Waals surface area contributed by atoms with Crippen LogP contribution in [0.3, 0.4) is 0 Å². The molecular weight excluding hydrogens is 290 g/mol. The van der Waals surface area contributed by atoms with Crippen LogP contribution in [-0.2, 0) is 14.6 Å². The molecule has 118 valence electrons. The predicted molar refractivity (Wildman–Crippen MR) is 82.5 cm³/mol. The monoisotopic (exact) mass is 313 g/mol. The van der Waals surface area contributed by atoms with Gasteiger partial charge in [0.15, 0.2) is 9.84 Å². The van der Waals surface area contributed by atoms with Crippen LogP contribution in [0.25, 0.3) is 0 Å². The van der Waals surface area contributed by atoms with Crippen LogP contribution in [0.15, 0.2) is 23.2 Å². The lowest BCUT2D eigenvalue weighted by atomic mass is 10.2. The number of pyridine rings is 1. The highest BCUT2D eigenvalue weighted by molar-refractivity contribution is 7.90. The second-order valence-corrected chi connectivity index (χ2v) is 7.41. The molecule has 0 aliphatic carbocycles. The summed E-state index contributed by atoms with van der Waals surface area (Å²) in [5, 5.41) is 0. The Morgan fingerprint density at radius 1 is 1.43 bits per heavy atom. The molecule has 1 saturated heterocycles. The summed E-state index contributed by atoms with van der Waals surface area (Å²) in [7, 11) is -1.56. The Bertz CT molecular complexity index is 577. The highest BCUT2D eigenvalue weighted by Gasteiger charge is 2.27. The van der Waals surface area contributed by atoms with E-state index in [1.54, 1.807) is 25.4 Å². The van der Waals surface area contributed by atoms with Gasteiger partial charge in [-0.05, 0) is 19.1 Å². The first-order chi connectivity index (χ1) is 9.93. The third-order valence-corrected chi connectivity index (χ3v) is 4.92. The summed E-state index contributed by atoms with van der Waals surface area (Å²) in [6, 6.07) is 3.63. The number of sulfone groups is 1. The summed E-state index contributed by atoms with van der Waals surface area (Å²) in [5.74, 6) is 0.568. The van der Waals surface area contributed by atoms with Crippen molar-refractivity contribution in [3.63, 3.8) is 0 Å². The molecule has 1 atom stereocenters. The fourth-order valence-corrected chi connectivity index (χ4v) is 3.48. The van der Waals surface area contributed by atoms with E-state index in [9.17, 15) is 8.42 Å². The van der Waals surface area contributed by atoms with Crippen molar-refractivity contribution in [2.45, 2.75) is 17.9 Å². The predicted octanol–water partition coefficient (Wildman–Crippen LogP) is 0.642. The fraction of sp³-hybridized carbons (Fsp3) is 0.643. The third kappa shape index (κ3) is 3.93. The first-order valence-corrected chi connectivity index (χ1v) is 8.95. The molecule has 1 unspecified atom stereocenters. The van der Waals surface area contributed by atoms with Crippen molar-refractivity contribution in [1.29, 1.82) is 0 Å². The normalized spacial score (nSPS) is 20.7. The first-order valence-electron chi connectivity index (χ1n) is 7.06. The zero-order valence-corrected chi connectivity index (χ0v) is 13.6. The minimum Gasteiger partial charge on any atom is -0.383 e. The molecule has 1 aliphatic rings. The summed E-state index contributed by atoms with van der Waals surface area (Å²) in [4.78, 5) is 9.01. The number of hydrogen-bond acceptors (Lipinski definition) is 6. The molecule has 0 saturated carbocycles. The molecule has 21 heavy (non-hydrogen) atoms. The highest BCUT2D eigenvalue weighted by atomic mass is 32.2. The van der Waals surface area contributed by atoms with Crippen LogP contribution < -0.4 is 4.90 Å². The quantitative estimate of drug-likeness (QED) is 0.795. The molecule has 0 radical (unpaired) electrons. The van der Waals surface area contributed by atoms with Gasteiger partial charge >= 0.3 is 0 Å². The Labute approximate surface area is 126 Å². The average molecular weight is 313 g/mol. The van der Waals surface area contributed by atoms with Crippen molar-refractivity contribution in [1.82, 2.24) is 9.88 Å². The number of methoxy groups -OCH3 is 1. The largest absolute Gasteiger partial charge is 0.383 e. The Hall–Kier alpha value is -1.18. The first kappa shape index (κ1) is 16.2. The van der Waals surface area contributed by atoms with Gasteiger partial charge in [0.25, 0.3) is 0 Å². The van der Waals surface area contributed by atoms with Gasteiger partial charge in [-0.3, -0.25) is 4.90 Å². The van der Waals surface area contributed by atoms with Crippen LogP contribution >= 0.6 is 0 Å². The maximum Gasteiger partial charge on any atom is 0.179 e. The molecule has 1 aromatic heterocycles. The number of rotatable bonds is 5. The lowest BCUT2D eigenvalue weighted by Crippen LogP contribution is -2.53. The van der Waals surface area contributed by atoms with Gasteiger partial charge in [-0.15, -0.1) is 0 Å². The van der Waals surface area contributed by atoms with Gasteiger partial charge in [0.1, 0.15) is 10.7 Å². The SMILES string of the molecule is COCCN1CCN(c2ncccc2S(C)(=O)=O)CC1C. The van der Waals surface area contributed by atoms with Gasteiger partial charge in [-0.1, -0.05) is 0 Å². The zero-order valence-electron chi connectivity index (χ0n) is 12.8. The molecule has 7 heteroatoms. The molecule has 2 rings (SSSR count). The van der Waals surface area contributed by atoms with Gasteiger partial charge in [0, 0.05) is 51.8 Å². The van der Waals surface area contributed by atoms with E-state index in [4.69, 9.17) is 4.74 Å². The molecule has 6 nitrogen and oxygen atoms in total. The van der Waals surface area contributed by atoms with Crippen LogP contribution in [0, 0.1) is 0 Å². The van der Waals surface area contributed by atoms with Gasteiger partial charge in [0.2, 0.25) is 0 Å². The van der Waals surface area contributed by atoms with E-state index in [0.717, 1.165) is 26.2 Å². The Morgan fingerprint density at radius 3 is 2.81 bits per heavy atom. The van der Waals surface area contributed by atoms with Gasteiger partial charge in [-0.2, -0.15) is 0 Å². The average Bonchev–Trinajstić information content (AvgIpc) is 2.45. The van der Waals surface area contributed by atoms with E-state index in [1.165, 1.54) is 6.26 Å². The zero-order chi connectivity index (χ0) is 15.5. The summed E-state index contributed by atoms with van der Waals surface area (Å²) in [6.45, 7) is 6.17. The number of anilines is 1. The van der Waals surface area contributed by atoms with Crippen LogP contribution in [0.2, 0.25) is 0 Å². The minimum atomic E-state index is -3.27. The van der Waals surface area contributed by atoms with Crippen molar-refractivity contribution in [2.24, 2.45) is 0 Å². The molecule has 2 heterocycles. The number of ether oxygens (including phenoxy) is 1. The summed E-state index contributed by atoms with van der Waals surface area (Å²) in [6.07, 6.45) is 2.87. The van der Waals surface area contributed by atoms with E-state index in [1.807, 2.05) is 0 Å². The Balaban J connectivity index is 2.15. The number of aromatic nitrogens is 1. The molecule has 0 N–H and O–H groups in total. The van der Waals surface area contributed by atoms with Crippen molar-refractivity contribution in [3.05, 3.63) is 18.3 Å². The lowest BCUT2D eigenvalue weighted by molar-refractivity contribution is 0.117. The van der Waals surface area contributed by atoms with E-state index in [-0.39, 0.29) is 0 Å². The van der Waals surface area contributed by atoms with Gasteiger partial charge in [0.05, 0.1) is 6.61 Å². The highest BCUT2D eigenvalue weighted by Crippen LogP contribution is 2.24. The van der Waals surface area contributed by atoms with E-state index in [2.05, 4.69) is 21.7 Å². The van der Waals surface area contributed by atoms with E-state index < -0.39 is 9.84 Å². The smallest absolute Gasteiger partial charge is 0.179 e. The topological polar surface area (TPSA) is 62.7 Å². The van der Waals surface area contributed by atoms with Crippen LogP contribution in [0.4, 0.5) is 5.82 Å².